The molecule has 0 atom stereocenters. The summed E-state index contributed by atoms with van der Waals surface area (Å²) in [5.41, 5.74) is 2.95. The monoisotopic (exact) mass is 416 g/mol. The highest BCUT2D eigenvalue weighted by Crippen LogP contribution is 2.29. The summed E-state index contributed by atoms with van der Waals surface area (Å²) in [4.78, 5) is 12.0. The summed E-state index contributed by atoms with van der Waals surface area (Å²) in [6.07, 6.45) is 0. The molecule has 0 aliphatic rings. The number of benzene rings is 2. The van der Waals surface area contributed by atoms with Crippen LogP contribution in [-0.4, -0.2) is 46.7 Å². The molecule has 0 fully saturated rings. The third kappa shape index (κ3) is 5.13. The molecular formula is C20H21ClN4O2S. The van der Waals surface area contributed by atoms with E-state index in [-0.39, 0.29) is 11.7 Å². The topological polar surface area (TPSA) is 69.0 Å². The number of nitrogens with one attached hydrogen (secondary N) is 1. The Morgan fingerprint density at radius 1 is 1.21 bits per heavy atom. The minimum absolute atomic E-state index is 0.0837. The third-order valence-electron chi connectivity index (χ3n) is 3.97. The SMILES string of the molecule is COCCNC(=O)CSc1nnc(-c2ccc(C)cc2)n1-c1cccc(Cl)c1. The number of thioether (sulfide) groups is 1. The van der Waals surface area contributed by atoms with Crippen molar-refractivity contribution in [3.05, 3.63) is 59.1 Å². The Morgan fingerprint density at radius 2 is 2.00 bits per heavy atom. The van der Waals surface area contributed by atoms with E-state index in [1.54, 1.807) is 7.11 Å². The summed E-state index contributed by atoms with van der Waals surface area (Å²) < 4.78 is 6.86. The Morgan fingerprint density at radius 3 is 2.71 bits per heavy atom. The van der Waals surface area contributed by atoms with Gasteiger partial charge in [-0.2, -0.15) is 0 Å². The highest BCUT2D eigenvalue weighted by Gasteiger charge is 2.17. The van der Waals surface area contributed by atoms with Gasteiger partial charge in [-0.25, -0.2) is 0 Å². The van der Waals surface area contributed by atoms with Crippen LogP contribution >= 0.6 is 23.4 Å². The lowest BCUT2D eigenvalue weighted by Gasteiger charge is -2.11. The first-order valence-electron chi connectivity index (χ1n) is 8.75. The van der Waals surface area contributed by atoms with Crippen LogP contribution in [-0.2, 0) is 9.53 Å². The van der Waals surface area contributed by atoms with Crippen LogP contribution in [0.25, 0.3) is 17.1 Å². The molecule has 3 rings (SSSR count). The molecule has 8 heteroatoms. The number of hydrogen-bond acceptors (Lipinski definition) is 5. The van der Waals surface area contributed by atoms with E-state index in [0.717, 1.165) is 11.3 Å². The number of halogens is 1. The molecule has 0 unspecified atom stereocenters. The van der Waals surface area contributed by atoms with Crippen molar-refractivity contribution < 1.29 is 9.53 Å². The van der Waals surface area contributed by atoms with E-state index in [2.05, 4.69) is 15.5 Å². The average Bonchev–Trinajstić information content (AvgIpc) is 3.11. The van der Waals surface area contributed by atoms with Crippen molar-refractivity contribution in [2.24, 2.45) is 0 Å². The van der Waals surface area contributed by atoms with E-state index in [1.807, 2.05) is 60.0 Å². The summed E-state index contributed by atoms with van der Waals surface area (Å²) in [6.45, 7) is 2.99. The van der Waals surface area contributed by atoms with Crippen LogP contribution in [0.2, 0.25) is 5.02 Å². The molecule has 3 aromatic rings. The van der Waals surface area contributed by atoms with Crippen molar-refractivity contribution in [3.63, 3.8) is 0 Å². The van der Waals surface area contributed by atoms with Gasteiger partial charge in [-0.1, -0.05) is 59.3 Å². The van der Waals surface area contributed by atoms with E-state index >= 15 is 0 Å². The first kappa shape index (κ1) is 20.4. The Balaban J connectivity index is 1.90. The highest BCUT2D eigenvalue weighted by molar-refractivity contribution is 7.99. The van der Waals surface area contributed by atoms with Crippen LogP contribution < -0.4 is 5.32 Å². The van der Waals surface area contributed by atoms with Crippen molar-refractivity contribution in [1.82, 2.24) is 20.1 Å². The zero-order valence-corrected chi connectivity index (χ0v) is 17.3. The van der Waals surface area contributed by atoms with Crippen LogP contribution in [0.4, 0.5) is 0 Å². The minimum atomic E-state index is -0.0837. The summed E-state index contributed by atoms with van der Waals surface area (Å²) in [6, 6.07) is 15.6. The maximum Gasteiger partial charge on any atom is 0.230 e. The van der Waals surface area contributed by atoms with Gasteiger partial charge < -0.3 is 10.1 Å². The van der Waals surface area contributed by atoms with Gasteiger partial charge >= 0.3 is 0 Å². The molecule has 1 N–H and O–H groups in total. The minimum Gasteiger partial charge on any atom is -0.383 e. The number of carbonyl (C=O) groups excluding carboxylic acids is 1. The third-order valence-corrected chi connectivity index (χ3v) is 5.13. The molecule has 0 radical (unpaired) electrons. The van der Waals surface area contributed by atoms with Crippen LogP contribution in [0.1, 0.15) is 5.56 Å². The van der Waals surface area contributed by atoms with Crippen molar-refractivity contribution in [2.75, 3.05) is 26.0 Å². The number of carbonyl (C=O) groups is 1. The average molecular weight is 417 g/mol. The van der Waals surface area contributed by atoms with Gasteiger partial charge in [0.2, 0.25) is 5.91 Å². The predicted molar refractivity (Wildman–Crippen MR) is 112 cm³/mol. The van der Waals surface area contributed by atoms with Crippen LogP contribution in [0, 0.1) is 6.92 Å². The lowest BCUT2D eigenvalue weighted by Crippen LogP contribution is -2.28. The van der Waals surface area contributed by atoms with Crippen LogP contribution in [0.15, 0.2) is 53.7 Å². The Hall–Kier alpha value is -2.35. The van der Waals surface area contributed by atoms with Gasteiger partial charge in [-0.05, 0) is 25.1 Å². The quantitative estimate of drug-likeness (QED) is 0.447. The number of amides is 1. The molecule has 1 aromatic heterocycles. The van der Waals surface area contributed by atoms with E-state index in [9.17, 15) is 4.79 Å². The zero-order valence-electron chi connectivity index (χ0n) is 15.7. The van der Waals surface area contributed by atoms with Crippen molar-refractivity contribution in [2.45, 2.75) is 12.1 Å². The fourth-order valence-corrected chi connectivity index (χ4v) is 3.54. The van der Waals surface area contributed by atoms with Gasteiger partial charge in [-0.3, -0.25) is 9.36 Å². The number of aromatic nitrogens is 3. The molecule has 146 valence electrons. The molecule has 0 bridgehead atoms. The molecule has 2 aromatic carbocycles. The Bertz CT molecular complexity index is 944. The van der Waals surface area contributed by atoms with Crippen molar-refractivity contribution >= 4 is 29.3 Å². The maximum absolute atomic E-state index is 12.0. The lowest BCUT2D eigenvalue weighted by molar-refractivity contribution is -0.118. The predicted octanol–water partition coefficient (Wildman–Crippen LogP) is 3.75. The molecule has 0 saturated heterocycles. The molecule has 0 aliphatic carbocycles. The van der Waals surface area contributed by atoms with Crippen LogP contribution in [0.3, 0.4) is 0 Å². The second-order valence-electron chi connectivity index (χ2n) is 6.12. The van der Waals surface area contributed by atoms with Crippen LogP contribution in [0.5, 0.6) is 0 Å². The first-order chi connectivity index (χ1) is 13.6. The largest absolute Gasteiger partial charge is 0.383 e. The summed E-state index contributed by atoms with van der Waals surface area (Å²) in [5.74, 6) is 0.847. The van der Waals surface area contributed by atoms with E-state index < -0.39 is 0 Å². The Labute approximate surface area is 173 Å². The second-order valence-corrected chi connectivity index (χ2v) is 7.50. The van der Waals surface area contributed by atoms with Crippen molar-refractivity contribution in [3.8, 4) is 17.1 Å². The van der Waals surface area contributed by atoms with Gasteiger partial charge in [0.15, 0.2) is 11.0 Å². The first-order valence-corrected chi connectivity index (χ1v) is 10.1. The molecule has 1 amide bonds. The number of rotatable bonds is 8. The zero-order chi connectivity index (χ0) is 19.9. The fourth-order valence-electron chi connectivity index (χ4n) is 2.57. The molecule has 0 aliphatic heterocycles. The lowest BCUT2D eigenvalue weighted by atomic mass is 10.1. The normalized spacial score (nSPS) is 10.8. The molecule has 6 nitrogen and oxygen atoms in total. The summed E-state index contributed by atoms with van der Waals surface area (Å²) in [7, 11) is 1.60. The van der Waals surface area contributed by atoms with Gasteiger partial charge in [0.25, 0.3) is 0 Å². The molecule has 0 spiro atoms. The van der Waals surface area contributed by atoms with Gasteiger partial charge in [0.1, 0.15) is 0 Å². The van der Waals surface area contributed by atoms with Gasteiger partial charge in [-0.15, -0.1) is 10.2 Å². The number of nitrogens with zero attached hydrogens (tertiary/aromatic N) is 3. The number of hydrogen-bond donors (Lipinski definition) is 1. The smallest absolute Gasteiger partial charge is 0.230 e. The van der Waals surface area contributed by atoms with E-state index in [4.69, 9.17) is 16.3 Å². The maximum atomic E-state index is 12.0. The number of ether oxygens (including phenoxy) is 1. The van der Waals surface area contributed by atoms with E-state index in [0.29, 0.717) is 29.2 Å². The van der Waals surface area contributed by atoms with Crippen molar-refractivity contribution in [1.29, 1.82) is 0 Å². The standard InChI is InChI=1S/C20H21ClN4O2S/c1-14-6-8-15(9-7-14)19-23-24-20(28-13-18(26)22-10-11-27-2)25(19)17-5-3-4-16(21)12-17/h3-9,12H,10-11,13H2,1-2H3,(H,22,26). The van der Waals surface area contributed by atoms with E-state index in [1.165, 1.54) is 17.3 Å². The van der Waals surface area contributed by atoms with Gasteiger partial charge in [0.05, 0.1) is 18.0 Å². The number of aryl methyl sites for hydroxylation is 1. The highest BCUT2D eigenvalue weighted by atomic mass is 35.5. The second kappa shape index (κ2) is 9.73. The Kier molecular flexibility index (Phi) is 7.08. The van der Waals surface area contributed by atoms with Gasteiger partial charge in [0, 0.05) is 24.2 Å². The fraction of sp³-hybridized carbons (Fsp3) is 0.250. The summed E-state index contributed by atoms with van der Waals surface area (Å²) >= 11 is 7.52. The molecule has 28 heavy (non-hydrogen) atoms. The molecular weight excluding hydrogens is 396 g/mol. The molecule has 1 heterocycles. The molecule has 0 saturated carbocycles. The summed E-state index contributed by atoms with van der Waals surface area (Å²) in [5, 5.41) is 12.7. The number of methoxy groups -OCH3 is 1.